The van der Waals surface area contributed by atoms with Crippen LogP contribution in [0.5, 0.6) is 0 Å². The van der Waals surface area contributed by atoms with Gasteiger partial charge in [-0.2, -0.15) is 0 Å². The summed E-state index contributed by atoms with van der Waals surface area (Å²) in [7, 11) is 0. The Morgan fingerprint density at radius 2 is 1.89 bits per heavy atom. The molecule has 0 aromatic carbocycles. The lowest BCUT2D eigenvalue weighted by molar-refractivity contribution is 1.14. The average molecular weight is 119 g/mol. The molecule has 44 valence electrons. The van der Waals surface area contributed by atoms with E-state index in [1.165, 1.54) is 0 Å². The number of nitrogens with zero attached hydrogens (tertiary/aromatic N) is 3. The van der Waals surface area contributed by atoms with E-state index < -0.39 is 0 Å². The predicted octanol–water partition coefficient (Wildman–Crippen LogP) is 0.279. The van der Waals surface area contributed by atoms with E-state index in [9.17, 15) is 0 Å². The van der Waals surface area contributed by atoms with Crippen molar-refractivity contribution in [1.82, 2.24) is 9.97 Å². The first-order chi connectivity index (χ1) is 4.47. The number of hydrogen-bond donors (Lipinski definition) is 0. The highest BCUT2D eigenvalue weighted by molar-refractivity contribution is 6.07. The van der Waals surface area contributed by atoms with E-state index in [2.05, 4.69) is 15.0 Å². The van der Waals surface area contributed by atoms with Crippen LogP contribution >= 0.6 is 0 Å². The van der Waals surface area contributed by atoms with Crippen molar-refractivity contribution in [2.45, 2.75) is 0 Å². The Kier molecular flexibility index (Phi) is 0.828. The van der Waals surface area contributed by atoms with Gasteiger partial charge in [-0.25, -0.2) is 9.97 Å². The zero-order valence-corrected chi connectivity index (χ0v) is 4.78. The van der Waals surface area contributed by atoms with Gasteiger partial charge in [0.15, 0.2) is 5.82 Å². The van der Waals surface area contributed by atoms with Gasteiger partial charge in [0.2, 0.25) is 0 Å². The van der Waals surface area contributed by atoms with Crippen molar-refractivity contribution in [2.24, 2.45) is 4.99 Å². The molecule has 2 rings (SSSR count). The Labute approximate surface area is 52.5 Å². The first-order valence-electron chi connectivity index (χ1n) is 2.77. The van der Waals surface area contributed by atoms with Crippen molar-refractivity contribution < 1.29 is 0 Å². The molecule has 0 atom stereocenters. The Balaban J connectivity index is 2.40. The lowest BCUT2D eigenvalue weighted by atomic mass is 10.4. The van der Waals surface area contributed by atoms with Crippen LogP contribution in [0, 0.1) is 0 Å². The molecule has 2 heterocycles. The first kappa shape index (κ1) is 4.61. The summed E-state index contributed by atoms with van der Waals surface area (Å²) in [5, 5.41) is 0. The molecule has 0 amide bonds. The second kappa shape index (κ2) is 1.62. The third kappa shape index (κ3) is 0.806. The third-order valence-corrected chi connectivity index (χ3v) is 1.14. The van der Waals surface area contributed by atoms with Crippen LogP contribution in [0.1, 0.15) is 5.82 Å². The molecule has 0 unspecified atom stereocenters. The monoisotopic (exact) mass is 119 g/mol. The van der Waals surface area contributed by atoms with Crippen molar-refractivity contribution in [1.29, 1.82) is 0 Å². The summed E-state index contributed by atoms with van der Waals surface area (Å²) in [6, 6.07) is 1.80. The highest BCUT2D eigenvalue weighted by Crippen LogP contribution is 2.02. The van der Waals surface area contributed by atoms with Crippen LogP contribution in [0.2, 0.25) is 0 Å². The minimum atomic E-state index is 0.775. The molecule has 0 N–H and O–H groups in total. The van der Waals surface area contributed by atoms with E-state index in [-0.39, 0.29) is 0 Å². The van der Waals surface area contributed by atoms with Crippen molar-refractivity contribution in [3.8, 4) is 0 Å². The smallest absolute Gasteiger partial charge is 0.175 e. The van der Waals surface area contributed by atoms with Gasteiger partial charge in [0.1, 0.15) is 5.71 Å². The molecule has 1 aliphatic rings. The summed E-state index contributed by atoms with van der Waals surface area (Å²) < 4.78 is 0. The summed E-state index contributed by atoms with van der Waals surface area (Å²) in [6.07, 6.45) is 3.45. The minimum absolute atomic E-state index is 0.775. The van der Waals surface area contributed by atoms with Crippen LogP contribution in [0.15, 0.2) is 23.5 Å². The Bertz CT molecular complexity index is 240. The normalized spacial score (nSPS) is 14.9. The van der Waals surface area contributed by atoms with E-state index in [1.807, 2.05) is 0 Å². The van der Waals surface area contributed by atoms with Gasteiger partial charge in [-0.15, -0.1) is 0 Å². The van der Waals surface area contributed by atoms with Crippen LogP contribution in [-0.4, -0.2) is 22.2 Å². The van der Waals surface area contributed by atoms with E-state index in [1.54, 1.807) is 18.5 Å². The van der Waals surface area contributed by atoms with Crippen LogP contribution in [0.25, 0.3) is 0 Å². The summed E-state index contributed by atoms with van der Waals surface area (Å²) in [6.45, 7) is 0.823. The van der Waals surface area contributed by atoms with Gasteiger partial charge in [-0.05, 0) is 6.07 Å². The number of aromatic nitrogens is 2. The molecular weight excluding hydrogens is 114 g/mol. The van der Waals surface area contributed by atoms with Crippen LogP contribution in [-0.2, 0) is 0 Å². The van der Waals surface area contributed by atoms with Gasteiger partial charge in [-0.3, -0.25) is 4.99 Å². The summed E-state index contributed by atoms with van der Waals surface area (Å²) in [5.41, 5.74) is 1.02. The minimum Gasteiger partial charge on any atom is -0.277 e. The lowest BCUT2D eigenvalue weighted by Crippen LogP contribution is -1.94. The van der Waals surface area contributed by atoms with Crippen molar-refractivity contribution in [2.75, 3.05) is 6.54 Å². The molecule has 0 radical (unpaired) electrons. The molecule has 0 spiro atoms. The summed E-state index contributed by atoms with van der Waals surface area (Å²) >= 11 is 0. The summed E-state index contributed by atoms with van der Waals surface area (Å²) in [5.74, 6) is 0.775. The largest absolute Gasteiger partial charge is 0.277 e. The number of aliphatic imine (C=N–C) groups is 1. The van der Waals surface area contributed by atoms with Crippen LogP contribution in [0.3, 0.4) is 0 Å². The van der Waals surface area contributed by atoms with E-state index in [0.29, 0.717) is 0 Å². The molecule has 0 bridgehead atoms. The molecule has 0 aliphatic carbocycles. The quantitative estimate of drug-likeness (QED) is 0.532. The van der Waals surface area contributed by atoms with Crippen molar-refractivity contribution in [3.05, 3.63) is 24.3 Å². The van der Waals surface area contributed by atoms with Gasteiger partial charge in [0.25, 0.3) is 0 Å². The lowest BCUT2D eigenvalue weighted by Gasteiger charge is -1.84. The SMILES string of the molecule is c1cnc(C2=NC2)nc1. The Hall–Kier alpha value is -1.25. The fourth-order valence-corrected chi connectivity index (χ4v) is 0.629. The summed E-state index contributed by atoms with van der Waals surface area (Å²) in [4.78, 5) is 12.0. The zero-order chi connectivity index (χ0) is 6.10. The van der Waals surface area contributed by atoms with E-state index in [0.717, 1.165) is 18.1 Å². The highest BCUT2D eigenvalue weighted by atomic mass is 15.0. The van der Waals surface area contributed by atoms with Gasteiger partial charge in [0.05, 0.1) is 6.54 Å². The average Bonchev–Trinajstić information content (AvgIpc) is 2.71. The maximum absolute atomic E-state index is 4.00. The second-order valence-electron chi connectivity index (χ2n) is 1.84. The molecule has 0 saturated heterocycles. The fourth-order valence-electron chi connectivity index (χ4n) is 0.629. The fraction of sp³-hybridized carbons (Fsp3) is 0.167. The molecule has 0 fully saturated rings. The topological polar surface area (TPSA) is 38.1 Å². The highest BCUT2D eigenvalue weighted by Gasteiger charge is 2.13. The van der Waals surface area contributed by atoms with Crippen LogP contribution < -0.4 is 0 Å². The van der Waals surface area contributed by atoms with Gasteiger partial charge in [0, 0.05) is 12.4 Å². The molecule has 0 saturated carbocycles. The third-order valence-electron chi connectivity index (χ3n) is 1.14. The van der Waals surface area contributed by atoms with Gasteiger partial charge in [-0.1, -0.05) is 0 Å². The predicted molar refractivity (Wildman–Crippen MR) is 33.4 cm³/mol. The van der Waals surface area contributed by atoms with Crippen molar-refractivity contribution >= 4 is 5.71 Å². The molecule has 1 aromatic heterocycles. The molecule has 1 aromatic rings. The van der Waals surface area contributed by atoms with Crippen molar-refractivity contribution in [3.63, 3.8) is 0 Å². The number of rotatable bonds is 1. The maximum Gasteiger partial charge on any atom is 0.175 e. The number of hydrogen-bond acceptors (Lipinski definition) is 3. The van der Waals surface area contributed by atoms with Gasteiger partial charge >= 0.3 is 0 Å². The molecular formula is C6H5N3. The second-order valence-corrected chi connectivity index (χ2v) is 1.84. The standard InChI is InChI=1S/C6H5N3/c1-2-7-6(8-3-1)5-4-9-5/h1-3H,4H2. The van der Waals surface area contributed by atoms with Crippen LogP contribution in [0.4, 0.5) is 0 Å². The molecule has 3 nitrogen and oxygen atoms in total. The first-order valence-corrected chi connectivity index (χ1v) is 2.77. The Morgan fingerprint density at radius 3 is 2.44 bits per heavy atom. The Morgan fingerprint density at radius 1 is 1.22 bits per heavy atom. The van der Waals surface area contributed by atoms with E-state index >= 15 is 0 Å². The van der Waals surface area contributed by atoms with Gasteiger partial charge < -0.3 is 0 Å². The zero-order valence-electron chi connectivity index (χ0n) is 4.78. The molecule has 9 heavy (non-hydrogen) atoms. The molecule has 3 heteroatoms. The maximum atomic E-state index is 4.00. The van der Waals surface area contributed by atoms with E-state index in [4.69, 9.17) is 0 Å². The molecule has 1 aliphatic heterocycles.